The van der Waals surface area contributed by atoms with Gasteiger partial charge in [0.15, 0.2) is 9.84 Å². The number of allylic oxidation sites excluding steroid dienone is 1. The molecule has 18 heavy (non-hydrogen) atoms. The zero-order valence-corrected chi connectivity index (χ0v) is 10.9. The molecule has 0 aliphatic rings. The van der Waals surface area contributed by atoms with Crippen molar-refractivity contribution in [3.63, 3.8) is 0 Å². The van der Waals surface area contributed by atoms with Crippen LogP contribution in [-0.2, 0) is 9.84 Å². The van der Waals surface area contributed by atoms with Gasteiger partial charge >= 0.3 is 0 Å². The number of benzene rings is 1. The van der Waals surface area contributed by atoms with Crippen LogP contribution in [0, 0.1) is 22.7 Å². The molecule has 0 fully saturated rings. The minimum absolute atomic E-state index is 0.0712. The third-order valence-corrected chi connectivity index (χ3v) is 3.56. The largest absolute Gasteiger partial charge is 0.359 e. The Kier molecular flexibility index (Phi) is 4.33. The quantitative estimate of drug-likeness (QED) is 0.856. The fourth-order valence-corrected chi connectivity index (χ4v) is 2.78. The number of hydrogen-bond acceptors (Lipinski definition) is 5. The Hall–Kier alpha value is -2.02. The van der Waals surface area contributed by atoms with E-state index in [0.717, 1.165) is 12.5 Å². The van der Waals surface area contributed by atoms with Crippen molar-refractivity contribution in [3.05, 3.63) is 35.0 Å². The standard InChI is InChI=1S/C11H8ClN3O2S/c1-18(16,17)11-9(12)3-2-4-10(11)15-7-8(5-13)6-14/h2-4,7,15H,1H3. The molecular formula is C11H8ClN3O2S. The van der Waals surface area contributed by atoms with Gasteiger partial charge < -0.3 is 5.32 Å². The molecular weight excluding hydrogens is 274 g/mol. The van der Waals surface area contributed by atoms with Gasteiger partial charge in [-0.2, -0.15) is 10.5 Å². The summed E-state index contributed by atoms with van der Waals surface area (Å²) >= 11 is 5.83. The lowest BCUT2D eigenvalue weighted by atomic mass is 10.3. The SMILES string of the molecule is CS(=O)(=O)c1c(Cl)cccc1NC=C(C#N)C#N. The lowest BCUT2D eigenvalue weighted by Gasteiger charge is -2.09. The Morgan fingerprint density at radius 3 is 2.50 bits per heavy atom. The number of hydrogen-bond donors (Lipinski definition) is 1. The molecule has 1 rings (SSSR count). The van der Waals surface area contributed by atoms with Crippen molar-refractivity contribution in [2.24, 2.45) is 0 Å². The van der Waals surface area contributed by atoms with Crippen LogP contribution < -0.4 is 5.32 Å². The smallest absolute Gasteiger partial charge is 0.179 e. The molecule has 0 radical (unpaired) electrons. The van der Waals surface area contributed by atoms with Gasteiger partial charge in [0.05, 0.1) is 10.7 Å². The molecule has 1 N–H and O–H groups in total. The van der Waals surface area contributed by atoms with Crippen LogP contribution >= 0.6 is 11.6 Å². The van der Waals surface area contributed by atoms with Crippen LogP contribution in [0.25, 0.3) is 0 Å². The Morgan fingerprint density at radius 2 is 2.00 bits per heavy atom. The summed E-state index contributed by atoms with van der Waals surface area (Å²) in [6, 6.07) is 7.80. The predicted molar refractivity (Wildman–Crippen MR) is 67.5 cm³/mol. The van der Waals surface area contributed by atoms with Gasteiger partial charge in [0, 0.05) is 12.5 Å². The van der Waals surface area contributed by atoms with E-state index in [2.05, 4.69) is 5.32 Å². The van der Waals surface area contributed by atoms with Crippen molar-refractivity contribution in [2.75, 3.05) is 11.6 Å². The maximum atomic E-state index is 11.6. The second-order valence-electron chi connectivity index (χ2n) is 3.31. The normalized spacial score (nSPS) is 10.0. The van der Waals surface area contributed by atoms with E-state index in [0.29, 0.717) is 0 Å². The van der Waals surface area contributed by atoms with Crippen molar-refractivity contribution in [1.29, 1.82) is 10.5 Å². The summed E-state index contributed by atoms with van der Waals surface area (Å²) in [5.41, 5.74) is 0.0439. The molecule has 0 unspecified atom stereocenters. The van der Waals surface area contributed by atoms with Crippen LogP contribution in [0.15, 0.2) is 34.9 Å². The van der Waals surface area contributed by atoms with Gasteiger partial charge in [-0.15, -0.1) is 0 Å². The van der Waals surface area contributed by atoms with Crippen LogP contribution in [0.3, 0.4) is 0 Å². The highest BCUT2D eigenvalue weighted by molar-refractivity contribution is 7.91. The second kappa shape index (κ2) is 5.54. The van der Waals surface area contributed by atoms with Crippen molar-refractivity contribution in [1.82, 2.24) is 0 Å². The van der Waals surface area contributed by atoms with E-state index >= 15 is 0 Å². The lowest BCUT2D eigenvalue weighted by molar-refractivity contribution is 0.602. The van der Waals surface area contributed by atoms with Crippen LogP contribution in [0.2, 0.25) is 5.02 Å². The molecule has 0 spiro atoms. The summed E-state index contributed by atoms with van der Waals surface area (Å²) in [4.78, 5) is -0.0712. The maximum Gasteiger partial charge on any atom is 0.179 e. The van der Waals surface area contributed by atoms with Crippen molar-refractivity contribution in [3.8, 4) is 12.1 Å². The van der Waals surface area contributed by atoms with Gasteiger partial charge in [0.2, 0.25) is 0 Å². The molecule has 5 nitrogen and oxygen atoms in total. The van der Waals surface area contributed by atoms with Crippen LogP contribution in [-0.4, -0.2) is 14.7 Å². The highest BCUT2D eigenvalue weighted by atomic mass is 35.5. The second-order valence-corrected chi connectivity index (χ2v) is 5.67. The number of nitriles is 2. The van der Waals surface area contributed by atoms with Crippen molar-refractivity contribution >= 4 is 27.1 Å². The maximum absolute atomic E-state index is 11.6. The van der Waals surface area contributed by atoms with Gasteiger partial charge in [-0.3, -0.25) is 0 Å². The summed E-state index contributed by atoms with van der Waals surface area (Å²) in [5.74, 6) is 0. The highest BCUT2D eigenvalue weighted by Gasteiger charge is 2.16. The van der Waals surface area contributed by atoms with Crippen LogP contribution in [0.4, 0.5) is 5.69 Å². The monoisotopic (exact) mass is 281 g/mol. The van der Waals surface area contributed by atoms with Gasteiger partial charge in [0.1, 0.15) is 22.6 Å². The molecule has 1 aromatic rings. The zero-order chi connectivity index (χ0) is 13.8. The van der Waals surface area contributed by atoms with Crippen molar-refractivity contribution in [2.45, 2.75) is 4.90 Å². The van der Waals surface area contributed by atoms with Crippen LogP contribution in [0.1, 0.15) is 0 Å². The van der Waals surface area contributed by atoms with Crippen LogP contribution in [0.5, 0.6) is 0 Å². The molecule has 7 heteroatoms. The highest BCUT2D eigenvalue weighted by Crippen LogP contribution is 2.29. The number of nitrogens with one attached hydrogen (secondary N) is 1. The first-order chi connectivity index (χ1) is 8.40. The lowest BCUT2D eigenvalue weighted by Crippen LogP contribution is -2.03. The fourth-order valence-electron chi connectivity index (χ4n) is 1.24. The van der Waals surface area contributed by atoms with Gasteiger partial charge in [-0.1, -0.05) is 17.7 Å². The van der Waals surface area contributed by atoms with E-state index in [9.17, 15) is 8.42 Å². The molecule has 0 heterocycles. The van der Waals surface area contributed by atoms with E-state index < -0.39 is 9.84 Å². The molecule has 0 atom stereocenters. The third-order valence-electron chi connectivity index (χ3n) is 1.95. The van der Waals surface area contributed by atoms with E-state index in [4.69, 9.17) is 22.1 Å². The molecule has 0 amide bonds. The zero-order valence-electron chi connectivity index (χ0n) is 9.31. The number of anilines is 1. The number of halogens is 1. The third kappa shape index (κ3) is 3.24. The van der Waals surface area contributed by atoms with E-state index in [1.807, 2.05) is 0 Å². The van der Waals surface area contributed by atoms with Gasteiger partial charge in [-0.05, 0) is 12.1 Å². The average Bonchev–Trinajstić information content (AvgIpc) is 2.28. The van der Waals surface area contributed by atoms with E-state index in [1.54, 1.807) is 18.2 Å². The van der Waals surface area contributed by atoms with E-state index in [1.165, 1.54) is 12.1 Å². The summed E-state index contributed by atoms with van der Waals surface area (Å²) in [6.07, 6.45) is 2.15. The first-order valence-corrected chi connectivity index (χ1v) is 6.92. The molecule has 0 saturated carbocycles. The minimum Gasteiger partial charge on any atom is -0.359 e. The van der Waals surface area contributed by atoms with Gasteiger partial charge in [0.25, 0.3) is 0 Å². The summed E-state index contributed by atoms with van der Waals surface area (Å²) in [7, 11) is -3.52. The first-order valence-electron chi connectivity index (χ1n) is 4.65. The molecule has 0 aliphatic carbocycles. The topological polar surface area (TPSA) is 93.8 Å². The minimum atomic E-state index is -3.52. The summed E-state index contributed by atoms with van der Waals surface area (Å²) < 4.78 is 23.2. The van der Waals surface area contributed by atoms with E-state index in [-0.39, 0.29) is 21.2 Å². The number of rotatable bonds is 3. The Morgan fingerprint density at radius 1 is 1.39 bits per heavy atom. The summed E-state index contributed by atoms with van der Waals surface area (Å²) in [6.45, 7) is 0. The molecule has 1 aromatic carbocycles. The molecule has 92 valence electrons. The number of sulfone groups is 1. The fraction of sp³-hybridized carbons (Fsp3) is 0.0909. The Labute approximate surface area is 110 Å². The molecule has 0 aromatic heterocycles. The molecule has 0 aliphatic heterocycles. The van der Waals surface area contributed by atoms with Crippen molar-refractivity contribution < 1.29 is 8.42 Å². The molecule has 0 bridgehead atoms. The Bertz CT molecular complexity index is 665. The molecule has 0 saturated heterocycles. The predicted octanol–water partition coefficient (Wildman–Crippen LogP) is 2.09. The summed E-state index contributed by atoms with van der Waals surface area (Å²) in [5, 5.41) is 19.8. The Balaban J connectivity index is 3.29. The number of nitrogens with zero attached hydrogens (tertiary/aromatic N) is 2. The first kappa shape index (κ1) is 14.0. The van der Waals surface area contributed by atoms with Gasteiger partial charge in [-0.25, -0.2) is 8.42 Å². The average molecular weight is 282 g/mol.